The first-order valence-electron chi connectivity index (χ1n) is 4.19. The molecule has 1 N–H and O–H groups in total. The molecule has 0 saturated carbocycles. The molecule has 0 heterocycles. The van der Waals surface area contributed by atoms with Crippen LogP contribution in [0.4, 0.5) is 10.1 Å². The summed E-state index contributed by atoms with van der Waals surface area (Å²) in [5.41, 5.74) is 0.375. The van der Waals surface area contributed by atoms with Crippen LogP contribution in [0.15, 0.2) is 24.3 Å². The molecular formula is C9H12FNO2S. The van der Waals surface area contributed by atoms with Crippen molar-refractivity contribution in [3.05, 3.63) is 30.1 Å². The van der Waals surface area contributed by atoms with Gasteiger partial charge in [-0.05, 0) is 38.1 Å². The van der Waals surface area contributed by atoms with Gasteiger partial charge < -0.3 is 0 Å². The van der Waals surface area contributed by atoms with E-state index in [1.807, 2.05) is 0 Å². The van der Waals surface area contributed by atoms with Crippen LogP contribution in [-0.2, 0) is 10.0 Å². The summed E-state index contributed by atoms with van der Waals surface area (Å²) in [5.74, 6) is -0.391. The van der Waals surface area contributed by atoms with Gasteiger partial charge in [0.1, 0.15) is 5.82 Å². The molecule has 5 heteroatoms. The molecule has 0 atom stereocenters. The highest BCUT2D eigenvalue weighted by Crippen LogP contribution is 2.12. The maximum Gasteiger partial charge on any atom is 0.235 e. The summed E-state index contributed by atoms with van der Waals surface area (Å²) in [4.78, 5) is 0. The lowest BCUT2D eigenvalue weighted by Crippen LogP contribution is -2.22. The number of hydrogen-bond acceptors (Lipinski definition) is 2. The van der Waals surface area contributed by atoms with E-state index in [1.165, 1.54) is 24.3 Å². The van der Waals surface area contributed by atoms with Crippen LogP contribution in [0.25, 0.3) is 0 Å². The predicted octanol–water partition coefficient (Wildman–Crippen LogP) is 1.98. The maximum atomic E-state index is 12.5. The monoisotopic (exact) mass is 217 g/mol. The topological polar surface area (TPSA) is 46.2 Å². The summed E-state index contributed by atoms with van der Waals surface area (Å²) in [5, 5.41) is -0.507. The Morgan fingerprint density at radius 3 is 2.14 bits per heavy atom. The molecule has 0 aliphatic heterocycles. The first-order chi connectivity index (χ1) is 6.42. The van der Waals surface area contributed by atoms with E-state index < -0.39 is 21.1 Å². The van der Waals surface area contributed by atoms with Crippen molar-refractivity contribution in [3.63, 3.8) is 0 Å². The molecular weight excluding hydrogens is 205 g/mol. The molecule has 0 radical (unpaired) electrons. The Labute approximate surface area is 83.0 Å². The molecule has 0 unspecified atom stereocenters. The lowest BCUT2D eigenvalue weighted by molar-refractivity contribution is 0.592. The summed E-state index contributed by atoms with van der Waals surface area (Å²) < 4.78 is 37.6. The SMILES string of the molecule is CC(C)S(=O)(=O)Nc1ccc(F)cc1. The minimum Gasteiger partial charge on any atom is -0.283 e. The highest BCUT2D eigenvalue weighted by molar-refractivity contribution is 7.93. The zero-order chi connectivity index (χ0) is 10.8. The Hall–Kier alpha value is -1.10. The van der Waals surface area contributed by atoms with E-state index >= 15 is 0 Å². The number of benzene rings is 1. The zero-order valence-corrected chi connectivity index (χ0v) is 8.81. The summed E-state index contributed by atoms with van der Waals surface area (Å²) >= 11 is 0. The number of hydrogen-bond donors (Lipinski definition) is 1. The normalized spacial score (nSPS) is 11.7. The fourth-order valence-corrected chi connectivity index (χ4v) is 1.50. The number of rotatable bonds is 3. The van der Waals surface area contributed by atoms with Crippen LogP contribution >= 0.6 is 0 Å². The second kappa shape index (κ2) is 3.96. The van der Waals surface area contributed by atoms with Crippen molar-refractivity contribution >= 4 is 15.7 Å². The third kappa shape index (κ3) is 2.70. The van der Waals surface area contributed by atoms with Crippen LogP contribution in [-0.4, -0.2) is 13.7 Å². The molecule has 3 nitrogen and oxygen atoms in total. The Morgan fingerprint density at radius 2 is 1.71 bits per heavy atom. The van der Waals surface area contributed by atoms with Gasteiger partial charge in [0, 0.05) is 5.69 Å². The molecule has 0 aromatic heterocycles. The fraction of sp³-hybridized carbons (Fsp3) is 0.333. The molecule has 0 bridgehead atoms. The van der Waals surface area contributed by atoms with Crippen molar-refractivity contribution in [2.45, 2.75) is 19.1 Å². The van der Waals surface area contributed by atoms with E-state index in [9.17, 15) is 12.8 Å². The number of halogens is 1. The quantitative estimate of drug-likeness (QED) is 0.841. The molecule has 1 aromatic rings. The third-order valence-electron chi connectivity index (χ3n) is 1.72. The van der Waals surface area contributed by atoms with E-state index in [1.54, 1.807) is 13.8 Å². The summed E-state index contributed by atoms with van der Waals surface area (Å²) in [6.07, 6.45) is 0. The van der Waals surface area contributed by atoms with E-state index in [2.05, 4.69) is 4.72 Å². The average molecular weight is 217 g/mol. The van der Waals surface area contributed by atoms with Crippen LogP contribution in [0.1, 0.15) is 13.8 Å². The van der Waals surface area contributed by atoms with E-state index in [0.717, 1.165) is 0 Å². The first kappa shape index (κ1) is 11.0. The van der Waals surface area contributed by atoms with E-state index in [4.69, 9.17) is 0 Å². The molecule has 0 aliphatic rings. The molecule has 0 aliphatic carbocycles. The highest BCUT2D eigenvalue weighted by atomic mass is 32.2. The smallest absolute Gasteiger partial charge is 0.235 e. The van der Waals surface area contributed by atoms with Crippen LogP contribution in [0, 0.1) is 5.82 Å². The first-order valence-corrected chi connectivity index (χ1v) is 5.73. The fourth-order valence-electron chi connectivity index (χ4n) is 0.800. The Kier molecular flexibility index (Phi) is 3.10. The number of sulfonamides is 1. The minimum absolute atomic E-state index is 0.375. The van der Waals surface area contributed by atoms with Crippen LogP contribution in [0.2, 0.25) is 0 Å². The zero-order valence-electron chi connectivity index (χ0n) is 7.99. The van der Waals surface area contributed by atoms with Gasteiger partial charge in [0.25, 0.3) is 0 Å². The molecule has 0 amide bonds. The van der Waals surface area contributed by atoms with Gasteiger partial charge in [-0.25, -0.2) is 12.8 Å². The lowest BCUT2D eigenvalue weighted by Gasteiger charge is -2.10. The highest BCUT2D eigenvalue weighted by Gasteiger charge is 2.14. The average Bonchev–Trinajstić information content (AvgIpc) is 2.08. The van der Waals surface area contributed by atoms with E-state index in [0.29, 0.717) is 5.69 Å². The Bertz CT molecular complexity index is 397. The summed E-state index contributed by atoms with van der Waals surface area (Å²) in [7, 11) is -3.34. The van der Waals surface area contributed by atoms with Gasteiger partial charge in [-0.2, -0.15) is 0 Å². The molecule has 78 valence electrons. The number of anilines is 1. The van der Waals surface area contributed by atoms with Crippen molar-refractivity contribution in [2.24, 2.45) is 0 Å². The minimum atomic E-state index is -3.34. The van der Waals surface area contributed by atoms with Gasteiger partial charge >= 0.3 is 0 Å². The molecule has 0 spiro atoms. The molecule has 1 rings (SSSR count). The molecule has 0 fully saturated rings. The maximum absolute atomic E-state index is 12.5. The second-order valence-electron chi connectivity index (χ2n) is 3.20. The standard InChI is InChI=1S/C9H12FNO2S/c1-7(2)14(12,13)11-9-5-3-8(10)4-6-9/h3-7,11H,1-2H3. The third-order valence-corrected chi connectivity index (χ3v) is 3.49. The molecule has 1 aromatic carbocycles. The number of nitrogens with one attached hydrogen (secondary N) is 1. The second-order valence-corrected chi connectivity index (χ2v) is 5.44. The van der Waals surface area contributed by atoms with Crippen LogP contribution in [0.5, 0.6) is 0 Å². The summed E-state index contributed by atoms with van der Waals surface area (Å²) in [6, 6.07) is 5.18. The van der Waals surface area contributed by atoms with Gasteiger partial charge in [-0.15, -0.1) is 0 Å². The van der Waals surface area contributed by atoms with Gasteiger partial charge in [0.15, 0.2) is 0 Å². The van der Waals surface area contributed by atoms with Crippen molar-refractivity contribution in [2.75, 3.05) is 4.72 Å². The van der Waals surface area contributed by atoms with Crippen molar-refractivity contribution < 1.29 is 12.8 Å². The summed E-state index contributed by atoms with van der Waals surface area (Å²) in [6.45, 7) is 3.15. The van der Waals surface area contributed by atoms with Crippen molar-refractivity contribution in [1.29, 1.82) is 0 Å². The van der Waals surface area contributed by atoms with Crippen molar-refractivity contribution in [1.82, 2.24) is 0 Å². The predicted molar refractivity (Wildman–Crippen MR) is 54.1 cm³/mol. The van der Waals surface area contributed by atoms with Gasteiger partial charge in [-0.3, -0.25) is 4.72 Å². The van der Waals surface area contributed by atoms with Gasteiger partial charge in [0.05, 0.1) is 5.25 Å². The lowest BCUT2D eigenvalue weighted by atomic mass is 10.3. The van der Waals surface area contributed by atoms with Crippen molar-refractivity contribution in [3.8, 4) is 0 Å². The van der Waals surface area contributed by atoms with Gasteiger partial charge in [-0.1, -0.05) is 0 Å². The Balaban J connectivity index is 2.85. The Morgan fingerprint density at radius 1 is 1.21 bits per heavy atom. The molecule has 0 saturated heterocycles. The largest absolute Gasteiger partial charge is 0.283 e. The van der Waals surface area contributed by atoms with E-state index in [-0.39, 0.29) is 0 Å². The van der Waals surface area contributed by atoms with Crippen LogP contribution < -0.4 is 4.72 Å². The molecule has 14 heavy (non-hydrogen) atoms. The van der Waals surface area contributed by atoms with Crippen LogP contribution in [0.3, 0.4) is 0 Å². The van der Waals surface area contributed by atoms with Gasteiger partial charge in [0.2, 0.25) is 10.0 Å².